The number of urea groups is 1. The molecule has 0 spiro atoms. The summed E-state index contributed by atoms with van der Waals surface area (Å²) in [6, 6.07) is 5.06. The molecule has 0 aromatic heterocycles. The predicted molar refractivity (Wildman–Crippen MR) is 79.0 cm³/mol. The van der Waals surface area contributed by atoms with Gasteiger partial charge in [-0.15, -0.1) is 0 Å². The lowest BCUT2D eigenvalue weighted by Crippen LogP contribution is -2.39. The Kier molecular flexibility index (Phi) is 6.47. The van der Waals surface area contributed by atoms with Gasteiger partial charge in [-0.2, -0.15) is 0 Å². The monoisotopic (exact) mass is 344 g/mol. The number of carbonyl (C=O) groups excluding carboxylic acids is 1. The zero-order valence-corrected chi connectivity index (χ0v) is 12.9. The molecule has 0 heterocycles. The first-order chi connectivity index (χ1) is 9.47. The number of halogens is 1. The van der Waals surface area contributed by atoms with Crippen LogP contribution in [0.1, 0.15) is 12.5 Å². The van der Waals surface area contributed by atoms with E-state index >= 15 is 0 Å². The molecule has 1 atom stereocenters. The van der Waals surface area contributed by atoms with Gasteiger partial charge in [-0.25, -0.2) is 9.59 Å². The molecular weight excluding hydrogens is 328 g/mol. The van der Waals surface area contributed by atoms with Gasteiger partial charge in [-0.1, -0.05) is 22.9 Å². The van der Waals surface area contributed by atoms with Crippen LogP contribution in [0.3, 0.4) is 0 Å². The van der Waals surface area contributed by atoms with E-state index in [0.717, 1.165) is 16.5 Å². The molecule has 1 aromatic carbocycles. The lowest BCUT2D eigenvalue weighted by molar-refractivity contribution is -0.147. The molecule has 1 unspecified atom stereocenters. The van der Waals surface area contributed by atoms with Crippen molar-refractivity contribution in [2.45, 2.75) is 19.4 Å². The van der Waals surface area contributed by atoms with Gasteiger partial charge in [0.05, 0.1) is 6.54 Å². The Morgan fingerprint density at radius 2 is 2.15 bits per heavy atom. The van der Waals surface area contributed by atoms with Crippen LogP contribution in [0, 0.1) is 0 Å². The Balaban J connectivity index is 2.60. The van der Waals surface area contributed by atoms with E-state index in [0.29, 0.717) is 5.69 Å². The number of methoxy groups -OCH3 is 1. The topological polar surface area (TPSA) is 87.7 Å². The van der Waals surface area contributed by atoms with Gasteiger partial charge in [-0.05, 0) is 30.2 Å². The van der Waals surface area contributed by atoms with Crippen LogP contribution < -0.4 is 10.6 Å². The number of nitrogens with one attached hydrogen (secondary N) is 2. The Hall–Kier alpha value is -1.60. The number of ether oxygens (including phenoxy) is 1. The van der Waals surface area contributed by atoms with Gasteiger partial charge in [0.25, 0.3) is 0 Å². The summed E-state index contributed by atoms with van der Waals surface area (Å²) < 4.78 is 5.66. The second-order valence-corrected chi connectivity index (χ2v) is 4.97. The van der Waals surface area contributed by atoms with Crippen molar-refractivity contribution in [3.05, 3.63) is 28.2 Å². The summed E-state index contributed by atoms with van der Waals surface area (Å²) in [7, 11) is 1.28. The summed E-state index contributed by atoms with van der Waals surface area (Å²) in [6.07, 6.45) is -0.290. The minimum Gasteiger partial charge on any atom is -0.479 e. The number of aryl methyl sites for hydroxylation is 1. The second-order valence-electron chi connectivity index (χ2n) is 4.05. The zero-order valence-electron chi connectivity index (χ0n) is 11.3. The molecule has 0 bridgehead atoms. The van der Waals surface area contributed by atoms with E-state index in [-0.39, 0.29) is 6.54 Å². The molecule has 0 saturated heterocycles. The van der Waals surface area contributed by atoms with Crippen molar-refractivity contribution in [2.24, 2.45) is 0 Å². The number of carbonyl (C=O) groups is 2. The molecule has 0 aliphatic heterocycles. The standard InChI is InChI=1S/C13H17BrN2O4/c1-3-8-6-9(14)4-5-10(8)16-13(19)15-7-11(20-2)12(17)18/h4-6,11H,3,7H2,1-2H3,(H,17,18)(H2,15,16,19). The molecule has 0 saturated carbocycles. The van der Waals surface area contributed by atoms with Crippen LogP contribution in [0.2, 0.25) is 0 Å². The van der Waals surface area contributed by atoms with Crippen LogP contribution in [-0.2, 0) is 16.0 Å². The normalized spacial score (nSPS) is 11.8. The minimum atomic E-state index is -1.12. The minimum absolute atomic E-state index is 0.102. The molecule has 6 nitrogen and oxygen atoms in total. The van der Waals surface area contributed by atoms with Crippen LogP contribution in [0.15, 0.2) is 22.7 Å². The summed E-state index contributed by atoms with van der Waals surface area (Å²) in [5, 5.41) is 13.9. The molecule has 0 aliphatic carbocycles. The van der Waals surface area contributed by atoms with Gasteiger partial charge in [0.2, 0.25) is 0 Å². The number of carboxylic acid groups (broad SMARTS) is 1. The van der Waals surface area contributed by atoms with Crippen molar-refractivity contribution >= 4 is 33.6 Å². The van der Waals surface area contributed by atoms with E-state index in [1.54, 1.807) is 6.07 Å². The smallest absolute Gasteiger partial charge is 0.334 e. The lowest BCUT2D eigenvalue weighted by Gasteiger charge is -2.14. The fourth-order valence-electron chi connectivity index (χ4n) is 1.60. The third-order valence-corrected chi connectivity index (χ3v) is 3.20. The van der Waals surface area contributed by atoms with Crippen molar-refractivity contribution in [3.63, 3.8) is 0 Å². The highest BCUT2D eigenvalue weighted by Gasteiger charge is 2.17. The van der Waals surface area contributed by atoms with Gasteiger partial charge in [-0.3, -0.25) is 0 Å². The maximum Gasteiger partial charge on any atom is 0.334 e. The molecule has 0 radical (unpaired) electrons. The van der Waals surface area contributed by atoms with Crippen molar-refractivity contribution in [1.82, 2.24) is 5.32 Å². The van der Waals surface area contributed by atoms with E-state index in [2.05, 4.69) is 26.6 Å². The molecule has 1 aromatic rings. The number of anilines is 1. The quantitative estimate of drug-likeness (QED) is 0.738. The first-order valence-corrected chi connectivity index (χ1v) is 6.86. The maximum atomic E-state index is 11.7. The maximum absolute atomic E-state index is 11.7. The summed E-state index contributed by atoms with van der Waals surface area (Å²) in [6.45, 7) is 1.88. The molecule has 2 amide bonds. The summed E-state index contributed by atoms with van der Waals surface area (Å²) in [4.78, 5) is 22.5. The summed E-state index contributed by atoms with van der Waals surface area (Å²) in [5.74, 6) is -1.12. The second kappa shape index (κ2) is 7.86. The number of carboxylic acids is 1. The van der Waals surface area contributed by atoms with E-state index in [1.165, 1.54) is 7.11 Å². The van der Waals surface area contributed by atoms with Crippen LogP contribution in [0.5, 0.6) is 0 Å². The molecule has 3 N–H and O–H groups in total. The van der Waals surface area contributed by atoms with E-state index < -0.39 is 18.1 Å². The number of hydrogen-bond donors (Lipinski definition) is 3. The summed E-state index contributed by atoms with van der Waals surface area (Å²) >= 11 is 3.37. The Morgan fingerprint density at radius 1 is 1.45 bits per heavy atom. The number of rotatable bonds is 6. The number of aliphatic carboxylic acids is 1. The Bertz CT molecular complexity index is 493. The molecule has 20 heavy (non-hydrogen) atoms. The first kappa shape index (κ1) is 16.5. The van der Waals surface area contributed by atoms with Crippen molar-refractivity contribution in [2.75, 3.05) is 19.0 Å². The molecule has 1 rings (SSSR count). The van der Waals surface area contributed by atoms with Crippen LogP contribution in [0.4, 0.5) is 10.5 Å². The molecular formula is C13H17BrN2O4. The zero-order chi connectivity index (χ0) is 15.1. The number of amides is 2. The van der Waals surface area contributed by atoms with Crippen LogP contribution in [0.25, 0.3) is 0 Å². The van der Waals surface area contributed by atoms with Crippen molar-refractivity contribution in [1.29, 1.82) is 0 Å². The van der Waals surface area contributed by atoms with E-state index in [1.807, 2.05) is 19.1 Å². The highest BCUT2D eigenvalue weighted by atomic mass is 79.9. The lowest BCUT2D eigenvalue weighted by atomic mass is 10.1. The molecule has 0 aliphatic rings. The fraction of sp³-hybridized carbons (Fsp3) is 0.385. The Morgan fingerprint density at radius 3 is 2.70 bits per heavy atom. The predicted octanol–water partition coefficient (Wildman–Crippen LogP) is 2.23. The number of benzene rings is 1. The van der Waals surface area contributed by atoms with Crippen LogP contribution >= 0.6 is 15.9 Å². The number of hydrogen-bond acceptors (Lipinski definition) is 3. The first-order valence-electron chi connectivity index (χ1n) is 6.06. The highest BCUT2D eigenvalue weighted by molar-refractivity contribution is 9.10. The van der Waals surface area contributed by atoms with Gasteiger partial charge in [0.15, 0.2) is 6.10 Å². The van der Waals surface area contributed by atoms with Gasteiger partial charge in [0, 0.05) is 17.3 Å². The molecule has 0 fully saturated rings. The van der Waals surface area contributed by atoms with E-state index in [9.17, 15) is 9.59 Å². The summed E-state index contributed by atoms with van der Waals surface area (Å²) in [5.41, 5.74) is 1.67. The average molecular weight is 345 g/mol. The SMILES string of the molecule is CCc1cc(Br)ccc1NC(=O)NCC(OC)C(=O)O. The third-order valence-electron chi connectivity index (χ3n) is 2.70. The van der Waals surface area contributed by atoms with Crippen LogP contribution in [-0.4, -0.2) is 36.9 Å². The largest absolute Gasteiger partial charge is 0.479 e. The van der Waals surface area contributed by atoms with Crippen molar-refractivity contribution in [3.8, 4) is 0 Å². The fourth-order valence-corrected chi connectivity index (χ4v) is 2.01. The molecule has 7 heteroatoms. The molecule has 110 valence electrons. The highest BCUT2D eigenvalue weighted by Crippen LogP contribution is 2.21. The van der Waals surface area contributed by atoms with Crippen molar-refractivity contribution < 1.29 is 19.4 Å². The third kappa shape index (κ3) is 4.82. The van der Waals surface area contributed by atoms with Gasteiger partial charge in [0.1, 0.15) is 0 Å². The average Bonchev–Trinajstić information content (AvgIpc) is 2.41. The van der Waals surface area contributed by atoms with Gasteiger partial charge < -0.3 is 20.5 Å². The van der Waals surface area contributed by atoms with E-state index in [4.69, 9.17) is 9.84 Å². The Labute approximate surface area is 125 Å². The van der Waals surface area contributed by atoms with Gasteiger partial charge >= 0.3 is 12.0 Å².